The predicted molar refractivity (Wildman–Crippen MR) is 67.0 cm³/mol. The number of aromatic hydroxyl groups is 1. The molecule has 0 aliphatic heterocycles. The summed E-state index contributed by atoms with van der Waals surface area (Å²) in [6, 6.07) is 5.57. The summed E-state index contributed by atoms with van der Waals surface area (Å²) in [5, 5.41) is 9.91. The van der Waals surface area contributed by atoms with Crippen molar-refractivity contribution in [3.05, 3.63) is 36.4 Å². The zero-order valence-electron chi connectivity index (χ0n) is 10.1. The molecule has 1 N–H and O–H groups in total. The molecule has 0 aromatic heterocycles. The Labute approximate surface area is 97.6 Å². The zero-order chi connectivity index (χ0) is 12.0. The summed E-state index contributed by atoms with van der Waals surface area (Å²) in [5.41, 5.74) is 0.858. The second-order valence-electron chi connectivity index (χ2n) is 4.29. The van der Waals surface area contributed by atoms with Gasteiger partial charge in [0.1, 0.15) is 0 Å². The first-order valence-electron chi connectivity index (χ1n) is 5.69. The molecule has 0 saturated carbocycles. The first kappa shape index (κ1) is 12.6. The Kier molecular flexibility index (Phi) is 4.90. The van der Waals surface area contributed by atoms with Crippen molar-refractivity contribution in [1.82, 2.24) is 0 Å². The Morgan fingerprint density at radius 3 is 2.81 bits per heavy atom. The summed E-state index contributed by atoms with van der Waals surface area (Å²) in [6.07, 6.45) is 3.42. The fraction of sp³-hybridized carbons (Fsp3) is 0.429. The van der Waals surface area contributed by atoms with E-state index >= 15 is 0 Å². The second kappa shape index (κ2) is 6.21. The first-order valence-corrected chi connectivity index (χ1v) is 5.69. The van der Waals surface area contributed by atoms with Crippen molar-refractivity contribution in [3.63, 3.8) is 0 Å². The number of para-hydroxylation sites is 1. The number of hydrogen-bond donors (Lipinski definition) is 1. The lowest BCUT2D eigenvalue weighted by molar-refractivity contribution is 0.275. The number of phenols is 1. The van der Waals surface area contributed by atoms with Crippen LogP contribution in [-0.2, 0) is 6.42 Å². The molecular formula is C14H20O2. The Hall–Kier alpha value is -1.44. The summed E-state index contributed by atoms with van der Waals surface area (Å²) in [6.45, 7) is 8.60. The van der Waals surface area contributed by atoms with E-state index in [1.165, 1.54) is 0 Å². The average molecular weight is 220 g/mol. The summed E-state index contributed by atoms with van der Waals surface area (Å²) in [4.78, 5) is 0. The largest absolute Gasteiger partial charge is 0.504 e. The van der Waals surface area contributed by atoms with E-state index in [0.717, 1.165) is 12.0 Å². The molecular weight excluding hydrogens is 200 g/mol. The molecule has 2 heteroatoms. The van der Waals surface area contributed by atoms with Gasteiger partial charge in [-0.05, 0) is 24.8 Å². The van der Waals surface area contributed by atoms with Crippen LogP contribution in [0.15, 0.2) is 30.9 Å². The van der Waals surface area contributed by atoms with E-state index in [1.807, 2.05) is 12.1 Å². The maximum absolute atomic E-state index is 9.91. The molecule has 16 heavy (non-hydrogen) atoms. The van der Waals surface area contributed by atoms with Crippen LogP contribution >= 0.6 is 0 Å². The number of phenolic OH excluding ortho intramolecular Hbond substituents is 1. The Bertz CT molecular complexity index is 343. The van der Waals surface area contributed by atoms with Crippen molar-refractivity contribution in [2.24, 2.45) is 5.92 Å². The van der Waals surface area contributed by atoms with Crippen LogP contribution in [0.1, 0.15) is 25.8 Å². The minimum atomic E-state index is 0.242. The molecule has 0 fully saturated rings. The van der Waals surface area contributed by atoms with Crippen molar-refractivity contribution in [2.45, 2.75) is 26.7 Å². The van der Waals surface area contributed by atoms with Crippen LogP contribution in [0.2, 0.25) is 0 Å². The van der Waals surface area contributed by atoms with Crippen LogP contribution in [-0.4, -0.2) is 11.7 Å². The number of hydrogen-bond acceptors (Lipinski definition) is 2. The van der Waals surface area contributed by atoms with Gasteiger partial charge in [-0.1, -0.05) is 32.1 Å². The first-order chi connectivity index (χ1) is 7.65. The van der Waals surface area contributed by atoms with Crippen LogP contribution in [0.5, 0.6) is 11.5 Å². The molecule has 0 unspecified atom stereocenters. The van der Waals surface area contributed by atoms with Crippen molar-refractivity contribution in [1.29, 1.82) is 0 Å². The van der Waals surface area contributed by atoms with E-state index in [1.54, 1.807) is 12.1 Å². The van der Waals surface area contributed by atoms with Crippen molar-refractivity contribution >= 4 is 0 Å². The molecule has 88 valence electrons. The van der Waals surface area contributed by atoms with Gasteiger partial charge >= 0.3 is 0 Å². The van der Waals surface area contributed by atoms with Gasteiger partial charge in [0.15, 0.2) is 11.5 Å². The number of rotatable bonds is 6. The van der Waals surface area contributed by atoms with E-state index in [0.29, 0.717) is 24.7 Å². The van der Waals surface area contributed by atoms with Crippen molar-refractivity contribution in [3.8, 4) is 11.5 Å². The summed E-state index contributed by atoms with van der Waals surface area (Å²) < 4.78 is 5.55. The van der Waals surface area contributed by atoms with Gasteiger partial charge in [-0.2, -0.15) is 0 Å². The standard InChI is InChI=1S/C14H20O2/c1-4-6-12-7-5-8-13(14(12)15)16-10-9-11(2)3/h4-5,7-8,11,15H,1,6,9-10H2,2-3H3. The van der Waals surface area contributed by atoms with Gasteiger partial charge in [0.05, 0.1) is 6.61 Å². The van der Waals surface area contributed by atoms with Gasteiger partial charge in [-0.25, -0.2) is 0 Å². The molecule has 1 aromatic carbocycles. The summed E-state index contributed by atoms with van der Waals surface area (Å²) in [5.74, 6) is 1.42. The lowest BCUT2D eigenvalue weighted by atomic mass is 10.1. The fourth-order valence-corrected chi connectivity index (χ4v) is 1.41. The SMILES string of the molecule is C=CCc1cccc(OCCC(C)C)c1O. The minimum absolute atomic E-state index is 0.242. The predicted octanol–water partition coefficient (Wildman–Crippen LogP) is 3.55. The van der Waals surface area contributed by atoms with Crippen molar-refractivity contribution in [2.75, 3.05) is 6.61 Å². The number of benzene rings is 1. The molecule has 1 aromatic rings. The Morgan fingerprint density at radius 2 is 2.19 bits per heavy atom. The molecule has 0 atom stereocenters. The smallest absolute Gasteiger partial charge is 0.161 e. The molecule has 0 heterocycles. The van der Waals surface area contributed by atoms with Crippen LogP contribution in [0.3, 0.4) is 0 Å². The number of ether oxygens (including phenoxy) is 1. The molecule has 0 aliphatic carbocycles. The van der Waals surface area contributed by atoms with Crippen LogP contribution < -0.4 is 4.74 Å². The van der Waals surface area contributed by atoms with Gasteiger partial charge in [0.2, 0.25) is 0 Å². The van der Waals surface area contributed by atoms with Gasteiger partial charge in [-0.15, -0.1) is 6.58 Å². The lowest BCUT2D eigenvalue weighted by Crippen LogP contribution is -2.02. The van der Waals surface area contributed by atoms with Crippen molar-refractivity contribution < 1.29 is 9.84 Å². The molecule has 0 saturated heterocycles. The van der Waals surface area contributed by atoms with Crippen LogP contribution in [0, 0.1) is 5.92 Å². The van der Waals surface area contributed by atoms with E-state index < -0.39 is 0 Å². The Balaban J connectivity index is 2.65. The fourth-order valence-electron chi connectivity index (χ4n) is 1.41. The Morgan fingerprint density at radius 1 is 1.44 bits per heavy atom. The van der Waals surface area contributed by atoms with E-state index in [4.69, 9.17) is 4.74 Å². The molecule has 0 bridgehead atoms. The summed E-state index contributed by atoms with van der Waals surface area (Å²) >= 11 is 0. The zero-order valence-corrected chi connectivity index (χ0v) is 10.1. The average Bonchev–Trinajstić information content (AvgIpc) is 2.23. The third kappa shape index (κ3) is 3.61. The van der Waals surface area contributed by atoms with Gasteiger partial charge in [0.25, 0.3) is 0 Å². The van der Waals surface area contributed by atoms with Gasteiger partial charge in [0, 0.05) is 5.56 Å². The molecule has 0 radical (unpaired) electrons. The van der Waals surface area contributed by atoms with E-state index in [-0.39, 0.29) is 5.75 Å². The maximum atomic E-state index is 9.91. The topological polar surface area (TPSA) is 29.5 Å². The van der Waals surface area contributed by atoms with Gasteiger partial charge < -0.3 is 9.84 Å². The number of allylic oxidation sites excluding steroid dienone is 1. The summed E-state index contributed by atoms with van der Waals surface area (Å²) in [7, 11) is 0. The molecule has 0 amide bonds. The highest BCUT2D eigenvalue weighted by Gasteiger charge is 2.06. The third-order valence-corrected chi connectivity index (χ3v) is 2.40. The third-order valence-electron chi connectivity index (χ3n) is 2.40. The van der Waals surface area contributed by atoms with Crippen LogP contribution in [0.4, 0.5) is 0 Å². The molecule has 0 aliphatic rings. The van der Waals surface area contributed by atoms with Crippen LogP contribution in [0.25, 0.3) is 0 Å². The van der Waals surface area contributed by atoms with E-state index in [9.17, 15) is 5.11 Å². The maximum Gasteiger partial charge on any atom is 0.161 e. The molecule has 2 nitrogen and oxygen atoms in total. The van der Waals surface area contributed by atoms with E-state index in [2.05, 4.69) is 20.4 Å². The highest BCUT2D eigenvalue weighted by Crippen LogP contribution is 2.30. The highest BCUT2D eigenvalue weighted by atomic mass is 16.5. The van der Waals surface area contributed by atoms with Gasteiger partial charge in [-0.3, -0.25) is 0 Å². The normalized spacial score (nSPS) is 10.4. The second-order valence-corrected chi connectivity index (χ2v) is 4.29. The lowest BCUT2D eigenvalue weighted by Gasteiger charge is -2.11. The molecule has 1 rings (SSSR count). The quantitative estimate of drug-likeness (QED) is 0.743. The monoisotopic (exact) mass is 220 g/mol. The minimum Gasteiger partial charge on any atom is -0.504 e. The highest BCUT2D eigenvalue weighted by molar-refractivity contribution is 5.46. The molecule has 0 spiro atoms.